The number of anilines is 1. The Hall–Kier alpha value is -4.57. The first-order valence-corrected chi connectivity index (χ1v) is 11.4. The minimum absolute atomic E-state index is 0.00759. The molecule has 3 aromatic carbocycles. The van der Waals surface area contributed by atoms with Gasteiger partial charge in [-0.3, -0.25) is 24.5 Å². The lowest BCUT2D eigenvalue weighted by Crippen LogP contribution is -2.32. The Morgan fingerprint density at radius 3 is 2.58 bits per heavy atom. The van der Waals surface area contributed by atoms with Crippen molar-refractivity contribution in [2.75, 3.05) is 18.1 Å². The fourth-order valence-electron chi connectivity index (χ4n) is 4.21. The normalized spacial score (nSPS) is 16.7. The molecule has 0 saturated carbocycles. The molecule has 1 fully saturated rings. The molecule has 1 N–H and O–H groups in total. The lowest BCUT2D eigenvalue weighted by Gasteiger charge is -2.15. The molecule has 36 heavy (non-hydrogen) atoms. The van der Waals surface area contributed by atoms with E-state index < -0.39 is 16.7 Å². The lowest BCUT2D eigenvalue weighted by molar-refractivity contribution is -0.384. The highest BCUT2D eigenvalue weighted by molar-refractivity contribution is 6.34. The summed E-state index contributed by atoms with van der Waals surface area (Å²) >= 11 is 0. The fraction of sp³-hybridized carbons (Fsp3) is 0.192. The summed E-state index contributed by atoms with van der Waals surface area (Å²) in [6.07, 6.45) is 1.85. The number of nitrogens with zero attached hydrogens (tertiary/aromatic N) is 2. The Kier molecular flexibility index (Phi) is 6.17. The van der Waals surface area contributed by atoms with Crippen molar-refractivity contribution < 1.29 is 28.8 Å². The molecule has 2 aliphatic rings. The molecule has 2 heterocycles. The Morgan fingerprint density at radius 2 is 1.81 bits per heavy atom. The molecule has 10 nitrogen and oxygen atoms in total. The van der Waals surface area contributed by atoms with Gasteiger partial charge in [0.15, 0.2) is 0 Å². The van der Waals surface area contributed by atoms with Crippen molar-refractivity contribution in [1.29, 1.82) is 0 Å². The summed E-state index contributed by atoms with van der Waals surface area (Å²) in [7, 11) is 0. The summed E-state index contributed by atoms with van der Waals surface area (Å²) < 4.78 is 11.2. The predicted molar refractivity (Wildman–Crippen MR) is 129 cm³/mol. The number of amides is 3. The highest BCUT2D eigenvalue weighted by Crippen LogP contribution is 2.33. The maximum atomic E-state index is 13.2. The molecular weight excluding hydrogens is 466 g/mol. The van der Waals surface area contributed by atoms with E-state index >= 15 is 0 Å². The van der Waals surface area contributed by atoms with E-state index in [0.717, 1.165) is 17.7 Å². The van der Waals surface area contributed by atoms with Crippen molar-refractivity contribution >= 4 is 29.1 Å². The SMILES string of the molecule is O=C(NCC1CCCO1)c1cccc(N2C(=O)c3ccc(Oc4cccc([N+](=O)[O-])c4)cc3C2=O)c1. The summed E-state index contributed by atoms with van der Waals surface area (Å²) in [6, 6.07) is 16.3. The molecule has 10 heteroatoms. The van der Waals surface area contributed by atoms with Crippen molar-refractivity contribution in [2.45, 2.75) is 18.9 Å². The number of carbonyl (C=O) groups excluding carboxylic acids is 3. The second kappa shape index (κ2) is 9.59. The number of nitrogens with one attached hydrogen (secondary N) is 1. The quantitative estimate of drug-likeness (QED) is 0.302. The van der Waals surface area contributed by atoms with Gasteiger partial charge in [-0.1, -0.05) is 12.1 Å². The summed E-state index contributed by atoms with van der Waals surface area (Å²) in [6.45, 7) is 1.08. The van der Waals surface area contributed by atoms with Crippen molar-refractivity contribution in [3.63, 3.8) is 0 Å². The Labute approximate surface area is 205 Å². The third-order valence-corrected chi connectivity index (χ3v) is 6.00. The third-order valence-electron chi connectivity index (χ3n) is 6.00. The van der Waals surface area contributed by atoms with E-state index in [1.54, 1.807) is 24.3 Å². The van der Waals surface area contributed by atoms with Crippen LogP contribution in [0.25, 0.3) is 0 Å². The van der Waals surface area contributed by atoms with Gasteiger partial charge in [0, 0.05) is 24.8 Å². The number of imide groups is 1. The van der Waals surface area contributed by atoms with Gasteiger partial charge in [0.1, 0.15) is 11.5 Å². The summed E-state index contributed by atoms with van der Waals surface area (Å²) in [5.74, 6) is -0.930. The van der Waals surface area contributed by atoms with Crippen LogP contribution in [0, 0.1) is 10.1 Å². The number of fused-ring (bicyclic) bond motifs is 1. The first-order chi connectivity index (χ1) is 17.4. The highest BCUT2D eigenvalue weighted by Gasteiger charge is 2.37. The fourth-order valence-corrected chi connectivity index (χ4v) is 4.21. The molecule has 0 aromatic heterocycles. The van der Waals surface area contributed by atoms with E-state index in [4.69, 9.17) is 9.47 Å². The Morgan fingerprint density at radius 1 is 1.03 bits per heavy atom. The van der Waals surface area contributed by atoms with Crippen molar-refractivity contribution in [3.05, 3.63) is 93.5 Å². The zero-order valence-corrected chi connectivity index (χ0v) is 19.0. The van der Waals surface area contributed by atoms with Gasteiger partial charge in [-0.15, -0.1) is 0 Å². The van der Waals surface area contributed by atoms with Gasteiger partial charge in [0.25, 0.3) is 23.4 Å². The second-order valence-electron chi connectivity index (χ2n) is 8.41. The van der Waals surface area contributed by atoms with E-state index in [1.165, 1.54) is 42.5 Å². The molecule has 1 unspecified atom stereocenters. The van der Waals surface area contributed by atoms with E-state index in [0.29, 0.717) is 18.7 Å². The van der Waals surface area contributed by atoms with Crippen LogP contribution in [0.15, 0.2) is 66.7 Å². The van der Waals surface area contributed by atoms with Crippen LogP contribution in [0.2, 0.25) is 0 Å². The molecular formula is C26H21N3O7. The maximum Gasteiger partial charge on any atom is 0.273 e. The molecule has 1 atom stereocenters. The first-order valence-electron chi connectivity index (χ1n) is 11.4. The second-order valence-corrected chi connectivity index (χ2v) is 8.41. The summed E-state index contributed by atoms with van der Waals surface area (Å²) in [4.78, 5) is 50.3. The lowest BCUT2D eigenvalue weighted by atomic mass is 10.1. The molecule has 0 radical (unpaired) electrons. The van der Waals surface area contributed by atoms with Gasteiger partial charge in [-0.2, -0.15) is 0 Å². The molecule has 3 aromatic rings. The van der Waals surface area contributed by atoms with Gasteiger partial charge in [0.2, 0.25) is 0 Å². The predicted octanol–water partition coefficient (Wildman–Crippen LogP) is 4.10. The van der Waals surface area contributed by atoms with Gasteiger partial charge in [-0.25, -0.2) is 4.90 Å². The highest BCUT2D eigenvalue weighted by atomic mass is 16.6. The van der Waals surface area contributed by atoms with Gasteiger partial charge in [0.05, 0.1) is 33.9 Å². The molecule has 1 saturated heterocycles. The molecule has 0 aliphatic carbocycles. The number of nitro benzene ring substituents is 1. The third kappa shape index (κ3) is 4.53. The molecule has 2 aliphatic heterocycles. The van der Waals surface area contributed by atoms with Crippen LogP contribution in [0.3, 0.4) is 0 Å². The van der Waals surface area contributed by atoms with Gasteiger partial charge >= 0.3 is 0 Å². The number of hydrogen-bond donors (Lipinski definition) is 1. The first kappa shape index (κ1) is 23.2. The Bertz CT molecular complexity index is 1380. The minimum atomic E-state index is -0.559. The summed E-state index contributed by atoms with van der Waals surface area (Å²) in [5, 5.41) is 13.8. The van der Waals surface area contributed by atoms with E-state index in [2.05, 4.69) is 5.32 Å². The van der Waals surface area contributed by atoms with Crippen LogP contribution in [0.1, 0.15) is 43.9 Å². The number of nitro groups is 1. The van der Waals surface area contributed by atoms with Crippen molar-refractivity contribution in [2.24, 2.45) is 0 Å². The van der Waals surface area contributed by atoms with Crippen LogP contribution in [0.5, 0.6) is 11.5 Å². The van der Waals surface area contributed by atoms with Crippen molar-refractivity contribution in [3.8, 4) is 11.5 Å². The molecule has 0 bridgehead atoms. The van der Waals surface area contributed by atoms with Crippen LogP contribution < -0.4 is 15.0 Å². The Balaban J connectivity index is 1.34. The number of hydrogen-bond acceptors (Lipinski definition) is 7. The van der Waals surface area contributed by atoms with E-state index in [9.17, 15) is 24.5 Å². The standard InChI is InChI=1S/C26H21N3O7/c30-24(27-15-21-8-3-11-35-21)16-4-1-5-17(12-16)28-25(31)22-10-9-20(14-23(22)26(28)32)36-19-7-2-6-18(13-19)29(33)34/h1-2,4-7,9-10,12-14,21H,3,8,11,15H2,(H,27,30). The molecule has 3 amide bonds. The molecule has 182 valence electrons. The van der Waals surface area contributed by atoms with E-state index in [-0.39, 0.29) is 46.0 Å². The average Bonchev–Trinajstić information content (AvgIpc) is 3.49. The maximum absolute atomic E-state index is 13.2. The van der Waals surface area contributed by atoms with E-state index in [1.807, 2.05) is 0 Å². The number of ether oxygens (including phenoxy) is 2. The minimum Gasteiger partial charge on any atom is -0.457 e. The topological polar surface area (TPSA) is 128 Å². The average molecular weight is 487 g/mol. The monoisotopic (exact) mass is 487 g/mol. The number of rotatable bonds is 7. The zero-order valence-electron chi connectivity index (χ0n) is 19.0. The van der Waals surface area contributed by atoms with Crippen molar-refractivity contribution in [1.82, 2.24) is 5.32 Å². The van der Waals surface area contributed by atoms with Crippen LogP contribution >= 0.6 is 0 Å². The largest absolute Gasteiger partial charge is 0.457 e. The van der Waals surface area contributed by atoms with Crippen LogP contribution in [-0.4, -0.2) is 41.9 Å². The number of carbonyl (C=O) groups is 3. The number of non-ortho nitro benzene ring substituents is 1. The number of benzene rings is 3. The van der Waals surface area contributed by atoms with Crippen LogP contribution in [-0.2, 0) is 4.74 Å². The van der Waals surface area contributed by atoms with Crippen LogP contribution in [0.4, 0.5) is 11.4 Å². The summed E-state index contributed by atoms with van der Waals surface area (Å²) in [5.41, 5.74) is 0.783. The molecule has 0 spiro atoms. The molecule has 5 rings (SSSR count). The van der Waals surface area contributed by atoms with Gasteiger partial charge in [-0.05, 0) is 55.3 Å². The zero-order chi connectivity index (χ0) is 25.2. The smallest absolute Gasteiger partial charge is 0.273 e. The van der Waals surface area contributed by atoms with Gasteiger partial charge < -0.3 is 14.8 Å².